The van der Waals surface area contributed by atoms with Crippen LogP contribution in [0.15, 0.2) is 35.5 Å². The van der Waals surface area contributed by atoms with E-state index in [9.17, 15) is 5.11 Å². The molecule has 3 rings (SSSR count). The monoisotopic (exact) mass is 303 g/mol. The molecule has 112 valence electrons. The maximum atomic E-state index is 10.6. The molecule has 1 aliphatic rings. The lowest BCUT2D eigenvalue weighted by Gasteiger charge is -2.31. The molecular formula is C16H21N3OS. The van der Waals surface area contributed by atoms with Crippen LogP contribution < -0.4 is 0 Å². The van der Waals surface area contributed by atoms with Crippen molar-refractivity contribution in [1.29, 1.82) is 0 Å². The smallest absolute Gasteiger partial charge is 0.191 e. The number of hydrogen-bond acceptors (Lipinski definition) is 4. The Morgan fingerprint density at radius 1 is 1.14 bits per heavy atom. The standard InChI is InChI=1S/C16H21N3OS/c1-19-14(13-8-4-2-5-9-13)17-18-15(19)21-12-16(20)10-6-3-7-11-16/h2,4-5,8-9,20H,3,6-7,10-12H2,1H3. The topological polar surface area (TPSA) is 50.9 Å². The van der Waals surface area contributed by atoms with Gasteiger partial charge in [-0.1, -0.05) is 61.4 Å². The quantitative estimate of drug-likeness (QED) is 0.881. The molecule has 0 saturated heterocycles. The summed E-state index contributed by atoms with van der Waals surface area (Å²) in [4.78, 5) is 0. The first kappa shape index (κ1) is 14.6. The molecule has 0 amide bonds. The maximum Gasteiger partial charge on any atom is 0.191 e. The van der Waals surface area contributed by atoms with E-state index in [0.29, 0.717) is 5.75 Å². The second-order valence-corrected chi connectivity index (χ2v) is 6.75. The van der Waals surface area contributed by atoms with Crippen LogP contribution in [-0.2, 0) is 7.05 Å². The van der Waals surface area contributed by atoms with Gasteiger partial charge >= 0.3 is 0 Å². The summed E-state index contributed by atoms with van der Waals surface area (Å²) in [5.41, 5.74) is 0.539. The first-order chi connectivity index (χ1) is 10.2. The average Bonchev–Trinajstić information content (AvgIpc) is 2.88. The van der Waals surface area contributed by atoms with Crippen LogP contribution in [0.5, 0.6) is 0 Å². The highest BCUT2D eigenvalue weighted by atomic mass is 32.2. The van der Waals surface area contributed by atoms with Gasteiger partial charge in [-0.05, 0) is 12.8 Å². The number of rotatable bonds is 4. The summed E-state index contributed by atoms with van der Waals surface area (Å²) < 4.78 is 2.01. The van der Waals surface area contributed by atoms with Gasteiger partial charge < -0.3 is 9.67 Å². The lowest BCUT2D eigenvalue weighted by atomic mass is 9.86. The van der Waals surface area contributed by atoms with Gasteiger partial charge in [0, 0.05) is 18.4 Å². The van der Waals surface area contributed by atoms with E-state index in [1.807, 2.05) is 41.9 Å². The van der Waals surface area contributed by atoms with E-state index in [1.165, 1.54) is 6.42 Å². The summed E-state index contributed by atoms with van der Waals surface area (Å²) in [5, 5.41) is 20.0. The third kappa shape index (κ3) is 3.30. The van der Waals surface area contributed by atoms with Gasteiger partial charge in [-0.15, -0.1) is 10.2 Å². The van der Waals surface area contributed by atoms with Crippen molar-refractivity contribution in [1.82, 2.24) is 14.8 Å². The zero-order valence-electron chi connectivity index (χ0n) is 12.3. The first-order valence-electron chi connectivity index (χ1n) is 7.48. The SMILES string of the molecule is Cn1c(SCC2(O)CCCCC2)nnc1-c1ccccc1. The molecule has 0 atom stereocenters. The molecule has 0 bridgehead atoms. The minimum absolute atomic E-state index is 0.526. The van der Waals surface area contributed by atoms with E-state index in [0.717, 1.165) is 42.2 Å². The van der Waals surface area contributed by atoms with Crippen molar-refractivity contribution in [3.8, 4) is 11.4 Å². The van der Waals surface area contributed by atoms with Gasteiger partial charge in [0.05, 0.1) is 5.60 Å². The number of nitrogens with zero attached hydrogens (tertiary/aromatic N) is 3. The Morgan fingerprint density at radius 3 is 2.57 bits per heavy atom. The zero-order valence-corrected chi connectivity index (χ0v) is 13.1. The first-order valence-corrected chi connectivity index (χ1v) is 8.46. The molecule has 21 heavy (non-hydrogen) atoms. The molecule has 0 unspecified atom stereocenters. The Balaban J connectivity index is 1.71. The summed E-state index contributed by atoms with van der Waals surface area (Å²) in [6.07, 6.45) is 5.32. The maximum absolute atomic E-state index is 10.6. The highest BCUT2D eigenvalue weighted by Gasteiger charge is 2.29. The Morgan fingerprint density at radius 2 is 1.86 bits per heavy atom. The normalized spacial score (nSPS) is 17.8. The van der Waals surface area contributed by atoms with Crippen LogP contribution in [0.1, 0.15) is 32.1 Å². The van der Waals surface area contributed by atoms with Gasteiger partial charge in [0.15, 0.2) is 11.0 Å². The zero-order chi connectivity index (χ0) is 14.7. The summed E-state index contributed by atoms with van der Waals surface area (Å²) in [5.74, 6) is 1.57. The van der Waals surface area contributed by atoms with Gasteiger partial charge in [0.1, 0.15) is 0 Å². The summed E-state index contributed by atoms with van der Waals surface area (Å²) in [7, 11) is 1.98. The minimum Gasteiger partial charge on any atom is -0.389 e. The number of aliphatic hydroxyl groups is 1. The summed E-state index contributed by atoms with van der Waals surface area (Å²) in [6.45, 7) is 0. The van der Waals surface area contributed by atoms with Crippen LogP contribution in [0.25, 0.3) is 11.4 Å². The van der Waals surface area contributed by atoms with Crippen LogP contribution in [0.3, 0.4) is 0 Å². The molecule has 2 aromatic rings. The Kier molecular flexibility index (Phi) is 4.31. The second-order valence-electron chi connectivity index (χ2n) is 5.80. The molecule has 0 radical (unpaired) electrons. The third-order valence-electron chi connectivity index (χ3n) is 4.12. The van der Waals surface area contributed by atoms with Gasteiger partial charge in [-0.3, -0.25) is 0 Å². The van der Waals surface area contributed by atoms with E-state index >= 15 is 0 Å². The van der Waals surface area contributed by atoms with Crippen molar-refractivity contribution in [2.75, 3.05) is 5.75 Å². The summed E-state index contributed by atoms with van der Waals surface area (Å²) >= 11 is 1.61. The van der Waals surface area contributed by atoms with Gasteiger partial charge in [0.2, 0.25) is 0 Å². The Bertz CT molecular complexity index is 591. The molecule has 5 heteroatoms. The molecule has 1 aromatic carbocycles. The van der Waals surface area contributed by atoms with Gasteiger partial charge in [-0.2, -0.15) is 0 Å². The van der Waals surface area contributed by atoms with Crippen LogP contribution in [0.4, 0.5) is 0 Å². The number of benzene rings is 1. The van der Waals surface area contributed by atoms with Crippen molar-refractivity contribution in [3.05, 3.63) is 30.3 Å². The minimum atomic E-state index is -0.526. The van der Waals surface area contributed by atoms with Crippen molar-refractivity contribution in [2.24, 2.45) is 7.05 Å². The molecule has 0 aliphatic heterocycles. The molecule has 1 aliphatic carbocycles. The molecule has 0 spiro atoms. The predicted octanol–water partition coefficient (Wildman–Crippen LogP) is 3.27. The fraction of sp³-hybridized carbons (Fsp3) is 0.500. The van der Waals surface area contributed by atoms with E-state index in [4.69, 9.17) is 0 Å². The lowest BCUT2D eigenvalue weighted by Crippen LogP contribution is -2.34. The molecular weight excluding hydrogens is 282 g/mol. The number of aromatic nitrogens is 3. The summed E-state index contributed by atoms with van der Waals surface area (Å²) in [6, 6.07) is 10.1. The van der Waals surface area contributed by atoms with E-state index in [1.54, 1.807) is 11.8 Å². The fourth-order valence-corrected chi connectivity index (χ4v) is 3.90. The largest absolute Gasteiger partial charge is 0.389 e. The van der Waals surface area contributed by atoms with Gasteiger partial charge in [-0.25, -0.2) is 0 Å². The van der Waals surface area contributed by atoms with E-state index in [-0.39, 0.29) is 0 Å². The molecule has 1 heterocycles. The Labute approximate surface area is 129 Å². The van der Waals surface area contributed by atoms with Crippen molar-refractivity contribution < 1.29 is 5.11 Å². The molecule has 1 N–H and O–H groups in total. The highest BCUT2D eigenvalue weighted by Crippen LogP contribution is 2.33. The number of thioether (sulfide) groups is 1. The lowest BCUT2D eigenvalue weighted by molar-refractivity contribution is 0.0272. The van der Waals surface area contributed by atoms with E-state index in [2.05, 4.69) is 10.2 Å². The van der Waals surface area contributed by atoms with Crippen LogP contribution in [-0.4, -0.2) is 31.2 Å². The van der Waals surface area contributed by atoms with Crippen LogP contribution in [0.2, 0.25) is 0 Å². The van der Waals surface area contributed by atoms with Crippen molar-refractivity contribution in [3.63, 3.8) is 0 Å². The molecule has 1 aromatic heterocycles. The van der Waals surface area contributed by atoms with E-state index < -0.39 is 5.60 Å². The van der Waals surface area contributed by atoms with Crippen LogP contribution >= 0.6 is 11.8 Å². The Hall–Kier alpha value is -1.33. The fourth-order valence-electron chi connectivity index (χ4n) is 2.83. The second kappa shape index (κ2) is 6.20. The van der Waals surface area contributed by atoms with Gasteiger partial charge in [0.25, 0.3) is 0 Å². The average molecular weight is 303 g/mol. The van der Waals surface area contributed by atoms with Crippen LogP contribution in [0, 0.1) is 0 Å². The molecule has 4 nitrogen and oxygen atoms in total. The molecule has 1 saturated carbocycles. The third-order valence-corrected chi connectivity index (χ3v) is 5.42. The highest BCUT2D eigenvalue weighted by molar-refractivity contribution is 7.99. The van der Waals surface area contributed by atoms with Crippen molar-refractivity contribution in [2.45, 2.75) is 42.9 Å². The number of hydrogen-bond donors (Lipinski definition) is 1. The predicted molar refractivity (Wildman–Crippen MR) is 85.2 cm³/mol. The van der Waals surface area contributed by atoms with Crippen molar-refractivity contribution >= 4 is 11.8 Å². The molecule has 1 fully saturated rings.